The molecule has 2 aliphatic carbocycles. The second kappa shape index (κ2) is 1.99. The Morgan fingerprint density at radius 3 is 2.60 bits per heavy atom. The third-order valence-corrected chi connectivity index (χ3v) is 3.24. The van der Waals surface area contributed by atoms with Gasteiger partial charge in [0.25, 0.3) is 0 Å². The van der Waals surface area contributed by atoms with E-state index in [0.717, 1.165) is 12.8 Å². The fraction of sp³-hybridized carbons (Fsp3) is 1.00. The Hall–Kier alpha value is -0.0151. The maximum atomic E-state index is 9.03. The monoisotopic (exact) mass is 140 g/mol. The van der Waals surface area contributed by atoms with E-state index in [2.05, 4.69) is 0 Å². The van der Waals surface area contributed by atoms with Crippen molar-refractivity contribution in [3.63, 3.8) is 0 Å². The Bertz CT molecular complexity index is 149. The lowest BCUT2D eigenvalue weighted by atomic mass is 9.62. The Kier molecular flexibility index (Phi) is 1.33. The molecule has 2 aliphatic rings. The number of hydrogen-bond donors (Lipinski definition) is 2. The van der Waals surface area contributed by atoms with Crippen LogP contribution in [0, 0.1) is 5.92 Å². The van der Waals surface area contributed by atoms with Crippen LogP contribution in [-0.2, 0) is 0 Å². The number of rotatable bonds is 1. The van der Waals surface area contributed by atoms with Crippen LogP contribution in [0.1, 0.15) is 32.1 Å². The molecule has 2 nitrogen and oxygen atoms in total. The van der Waals surface area contributed by atoms with E-state index in [-0.39, 0.29) is 5.31 Å². The molecule has 0 unspecified atom stereocenters. The zero-order valence-corrected chi connectivity index (χ0v) is 6.08. The molecule has 2 atom stereocenters. The van der Waals surface area contributed by atoms with Gasteiger partial charge < -0.3 is 10.0 Å². The van der Waals surface area contributed by atoms with Crippen LogP contribution in [-0.4, -0.2) is 17.2 Å². The summed E-state index contributed by atoms with van der Waals surface area (Å²) in [6.45, 7) is 0. The van der Waals surface area contributed by atoms with Gasteiger partial charge in [0.1, 0.15) is 0 Å². The molecule has 0 aromatic heterocycles. The minimum Gasteiger partial charge on any atom is -0.427 e. The molecule has 0 aliphatic heterocycles. The lowest BCUT2D eigenvalue weighted by Crippen LogP contribution is -2.25. The molecule has 2 fully saturated rings. The van der Waals surface area contributed by atoms with Crippen LogP contribution >= 0.6 is 0 Å². The van der Waals surface area contributed by atoms with Crippen molar-refractivity contribution in [2.24, 2.45) is 5.92 Å². The topological polar surface area (TPSA) is 40.5 Å². The lowest BCUT2D eigenvalue weighted by molar-refractivity contribution is 0.344. The van der Waals surface area contributed by atoms with E-state index in [1.165, 1.54) is 19.3 Å². The van der Waals surface area contributed by atoms with Crippen molar-refractivity contribution in [2.75, 3.05) is 0 Å². The van der Waals surface area contributed by atoms with Crippen LogP contribution in [0.5, 0.6) is 0 Å². The molecule has 3 heteroatoms. The second-order valence-corrected chi connectivity index (χ2v) is 3.75. The quantitative estimate of drug-likeness (QED) is 0.528. The van der Waals surface area contributed by atoms with E-state index in [1.54, 1.807) is 0 Å². The molecular weight excluding hydrogens is 127 g/mol. The summed E-state index contributed by atoms with van der Waals surface area (Å²) >= 11 is 0. The molecule has 10 heavy (non-hydrogen) atoms. The molecule has 0 aromatic rings. The summed E-state index contributed by atoms with van der Waals surface area (Å²) < 4.78 is 0. The first kappa shape index (κ1) is 6.68. The van der Waals surface area contributed by atoms with Gasteiger partial charge >= 0.3 is 7.12 Å². The molecule has 2 N–H and O–H groups in total. The first-order valence-electron chi connectivity index (χ1n) is 4.12. The van der Waals surface area contributed by atoms with Gasteiger partial charge in [-0.25, -0.2) is 0 Å². The molecule has 0 bridgehead atoms. The second-order valence-electron chi connectivity index (χ2n) is 3.75. The van der Waals surface area contributed by atoms with Gasteiger partial charge in [-0.05, 0) is 18.8 Å². The summed E-state index contributed by atoms with van der Waals surface area (Å²) in [6.07, 6.45) is 5.80. The van der Waals surface area contributed by atoms with Gasteiger partial charge in [-0.1, -0.05) is 19.3 Å². The van der Waals surface area contributed by atoms with Crippen molar-refractivity contribution >= 4 is 7.12 Å². The lowest BCUT2D eigenvalue weighted by Gasteiger charge is -2.20. The molecule has 56 valence electrons. The van der Waals surface area contributed by atoms with Gasteiger partial charge in [0.05, 0.1) is 0 Å². The van der Waals surface area contributed by atoms with Crippen molar-refractivity contribution in [2.45, 2.75) is 37.4 Å². The zero-order valence-electron chi connectivity index (χ0n) is 6.08. The van der Waals surface area contributed by atoms with Gasteiger partial charge in [0.15, 0.2) is 0 Å². The minimum atomic E-state index is -1.04. The Morgan fingerprint density at radius 1 is 1.30 bits per heavy atom. The van der Waals surface area contributed by atoms with Crippen molar-refractivity contribution < 1.29 is 10.0 Å². The minimum absolute atomic E-state index is 0.0434. The fourth-order valence-corrected chi connectivity index (χ4v) is 2.39. The summed E-state index contributed by atoms with van der Waals surface area (Å²) in [5.74, 6) is 0.640. The highest BCUT2D eigenvalue weighted by Crippen LogP contribution is 2.68. The first-order valence-corrected chi connectivity index (χ1v) is 4.12. The van der Waals surface area contributed by atoms with E-state index < -0.39 is 7.12 Å². The first-order chi connectivity index (χ1) is 4.76. The van der Waals surface area contributed by atoms with Crippen molar-refractivity contribution in [3.8, 4) is 0 Å². The van der Waals surface area contributed by atoms with Crippen molar-refractivity contribution in [3.05, 3.63) is 0 Å². The molecule has 0 amide bonds. The molecule has 0 radical (unpaired) electrons. The van der Waals surface area contributed by atoms with Crippen molar-refractivity contribution in [1.29, 1.82) is 0 Å². The smallest absolute Gasteiger partial charge is 0.427 e. The van der Waals surface area contributed by atoms with Crippen LogP contribution in [0.15, 0.2) is 0 Å². The largest absolute Gasteiger partial charge is 0.458 e. The van der Waals surface area contributed by atoms with Gasteiger partial charge in [0, 0.05) is 5.31 Å². The molecular formula is C7H13BO2. The predicted molar refractivity (Wildman–Crippen MR) is 39.5 cm³/mol. The SMILES string of the molecule is OB(O)[C@@]12CCCC[C@H]1C2. The summed E-state index contributed by atoms with van der Waals surface area (Å²) in [5, 5.41) is 18.0. The van der Waals surface area contributed by atoms with Crippen molar-refractivity contribution in [1.82, 2.24) is 0 Å². The van der Waals surface area contributed by atoms with Gasteiger partial charge in [-0.2, -0.15) is 0 Å². The highest BCUT2D eigenvalue weighted by Gasteiger charge is 2.61. The van der Waals surface area contributed by atoms with Crippen LogP contribution < -0.4 is 0 Å². The zero-order chi connectivity index (χ0) is 7.19. The third-order valence-electron chi connectivity index (χ3n) is 3.24. The van der Waals surface area contributed by atoms with Gasteiger partial charge in [0.2, 0.25) is 0 Å². The van der Waals surface area contributed by atoms with E-state index in [0.29, 0.717) is 5.92 Å². The molecule has 0 aromatic carbocycles. The molecule has 0 heterocycles. The Labute approximate surface area is 61.4 Å². The summed E-state index contributed by atoms with van der Waals surface area (Å²) in [7, 11) is -1.04. The van der Waals surface area contributed by atoms with Crippen LogP contribution in [0.2, 0.25) is 5.31 Å². The van der Waals surface area contributed by atoms with Crippen LogP contribution in [0.3, 0.4) is 0 Å². The summed E-state index contributed by atoms with van der Waals surface area (Å²) in [5.41, 5.74) is 0. The van der Waals surface area contributed by atoms with E-state index >= 15 is 0 Å². The van der Waals surface area contributed by atoms with Gasteiger partial charge in [-0.3, -0.25) is 0 Å². The molecule has 2 rings (SSSR count). The third kappa shape index (κ3) is 0.737. The molecule has 0 spiro atoms. The Balaban J connectivity index is 2.05. The Morgan fingerprint density at radius 2 is 2.10 bits per heavy atom. The fourth-order valence-electron chi connectivity index (χ4n) is 2.39. The maximum Gasteiger partial charge on any atom is 0.458 e. The van der Waals surface area contributed by atoms with E-state index in [4.69, 9.17) is 10.0 Å². The highest BCUT2D eigenvalue weighted by atomic mass is 16.4. The van der Waals surface area contributed by atoms with Gasteiger partial charge in [-0.15, -0.1) is 0 Å². The average Bonchev–Trinajstić information content (AvgIpc) is 2.61. The predicted octanol–water partition coefficient (Wildman–Crippen LogP) is 0.793. The standard InChI is InChI=1S/C7H13BO2/c9-8(10)7-4-2-1-3-6(7)5-7/h6,9-10H,1-5H2/t6-,7+/m0/s1. The highest BCUT2D eigenvalue weighted by molar-refractivity contribution is 6.47. The molecule has 2 saturated carbocycles. The van der Waals surface area contributed by atoms with Crippen LogP contribution in [0.25, 0.3) is 0 Å². The number of hydrogen-bond acceptors (Lipinski definition) is 2. The van der Waals surface area contributed by atoms with E-state index in [9.17, 15) is 0 Å². The maximum absolute atomic E-state index is 9.03. The summed E-state index contributed by atoms with van der Waals surface area (Å²) in [6, 6.07) is 0. The van der Waals surface area contributed by atoms with Crippen LogP contribution in [0.4, 0.5) is 0 Å². The van der Waals surface area contributed by atoms with E-state index in [1.807, 2.05) is 0 Å². The molecule has 0 saturated heterocycles. The summed E-state index contributed by atoms with van der Waals surface area (Å²) in [4.78, 5) is 0. The normalized spacial score (nSPS) is 44.4. The number of fused-ring (bicyclic) bond motifs is 1. The average molecular weight is 140 g/mol.